The number of halogens is 2. The Labute approximate surface area is 82.2 Å². The van der Waals surface area contributed by atoms with Gasteiger partial charge in [-0.25, -0.2) is 8.78 Å². The van der Waals surface area contributed by atoms with Gasteiger partial charge in [0.25, 0.3) is 0 Å². The minimum atomic E-state index is -0.848. The molecule has 2 N–H and O–H groups in total. The number of nitrogens with two attached hydrogens (primary N) is 1. The highest BCUT2D eigenvalue weighted by Gasteiger charge is 2.15. The summed E-state index contributed by atoms with van der Waals surface area (Å²) in [6, 6.07) is 2.51. The Kier molecular flexibility index (Phi) is 3.36. The summed E-state index contributed by atoms with van der Waals surface area (Å²) in [5.41, 5.74) is 6.14. The Morgan fingerprint density at radius 2 is 2.07 bits per heavy atom. The van der Waals surface area contributed by atoms with Crippen LogP contribution < -0.4 is 5.73 Å². The maximum atomic E-state index is 13.3. The Hall–Kier alpha value is -1.22. The molecule has 0 saturated carbocycles. The van der Waals surface area contributed by atoms with Crippen molar-refractivity contribution < 1.29 is 8.78 Å². The zero-order chi connectivity index (χ0) is 10.7. The van der Waals surface area contributed by atoms with Gasteiger partial charge < -0.3 is 5.73 Å². The van der Waals surface area contributed by atoms with Gasteiger partial charge in [-0.15, -0.1) is 6.58 Å². The molecule has 0 radical (unpaired) electrons. The lowest BCUT2D eigenvalue weighted by atomic mass is 10.0. The second kappa shape index (κ2) is 4.33. The molecule has 0 spiro atoms. The van der Waals surface area contributed by atoms with Gasteiger partial charge in [-0.3, -0.25) is 0 Å². The second-order valence-corrected chi connectivity index (χ2v) is 3.23. The van der Waals surface area contributed by atoms with Gasteiger partial charge >= 0.3 is 0 Å². The van der Waals surface area contributed by atoms with E-state index in [1.807, 2.05) is 0 Å². The van der Waals surface area contributed by atoms with E-state index >= 15 is 0 Å². The minimum Gasteiger partial charge on any atom is -0.324 e. The van der Waals surface area contributed by atoms with E-state index in [1.165, 1.54) is 19.1 Å². The van der Waals surface area contributed by atoms with E-state index in [0.29, 0.717) is 6.42 Å². The number of hydrogen-bond acceptors (Lipinski definition) is 1. The number of aryl methyl sites for hydroxylation is 1. The van der Waals surface area contributed by atoms with Gasteiger partial charge in [0.05, 0.1) is 0 Å². The normalized spacial score (nSPS) is 12.6. The number of rotatable bonds is 3. The first-order chi connectivity index (χ1) is 6.57. The Morgan fingerprint density at radius 3 is 2.64 bits per heavy atom. The van der Waals surface area contributed by atoms with Crippen molar-refractivity contribution in [1.82, 2.24) is 0 Å². The fourth-order valence-electron chi connectivity index (χ4n) is 1.25. The van der Waals surface area contributed by atoms with Crippen LogP contribution in [0.15, 0.2) is 24.8 Å². The molecule has 1 unspecified atom stereocenters. The lowest BCUT2D eigenvalue weighted by Crippen LogP contribution is -2.12. The molecule has 1 rings (SSSR count). The third kappa shape index (κ3) is 1.99. The quantitative estimate of drug-likeness (QED) is 0.741. The van der Waals surface area contributed by atoms with Crippen molar-refractivity contribution in [3.05, 3.63) is 47.5 Å². The molecule has 0 amide bonds. The van der Waals surface area contributed by atoms with Crippen molar-refractivity contribution >= 4 is 0 Å². The first kappa shape index (κ1) is 10.9. The maximum Gasteiger partial charge on any atom is 0.163 e. The molecule has 0 aliphatic rings. The molecule has 0 aliphatic heterocycles. The van der Waals surface area contributed by atoms with Gasteiger partial charge in [0.2, 0.25) is 0 Å². The topological polar surface area (TPSA) is 26.0 Å². The van der Waals surface area contributed by atoms with Gasteiger partial charge in [0.1, 0.15) is 0 Å². The molecule has 0 heterocycles. The monoisotopic (exact) mass is 197 g/mol. The fraction of sp³-hybridized carbons (Fsp3) is 0.273. The van der Waals surface area contributed by atoms with E-state index in [0.717, 1.165) is 0 Å². The Balaban J connectivity index is 3.10. The summed E-state index contributed by atoms with van der Waals surface area (Å²) in [4.78, 5) is 0. The zero-order valence-electron chi connectivity index (χ0n) is 8.06. The van der Waals surface area contributed by atoms with Crippen LogP contribution in [0.5, 0.6) is 0 Å². The highest BCUT2D eigenvalue weighted by atomic mass is 19.2. The summed E-state index contributed by atoms with van der Waals surface area (Å²) in [6.45, 7) is 5.01. The third-order valence-electron chi connectivity index (χ3n) is 2.13. The standard InChI is InChI=1S/C11H13F2N/c1-3-4-9(14)8-6-5-7(2)10(12)11(8)13/h3,5-6,9H,1,4,14H2,2H3. The van der Waals surface area contributed by atoms with E-state index in [-0.39, 0.29) is 11.1 Å². The molecule has 1 aromatic carbocycles. The number of hydrogen-bond donors (Lipinski definition) is 1. The van der Waals surface area contributed by atoms with Crippen LogP contribution in [0.4, 0.5) is 8.78 Å². The molecule has 0 bridgehead atoms. The van der Waals surface area contributed by atoms with Crippen molar-refractivity contribution in [3.8, 4) is 0 Å². The van der Waals surface area contributed by atoms with E-state index in [9.17, 15) is 8.78 Å². The lowest BCUT2D eigenvalue weighted by Gasteiger charge is -2.11. The lowest BCUT2D eigenvalue weighted by molar-refractivity contribution is 0.484. The highest BCUT2D eigenvalue weighted by Crippen LogP contribution is 2.22. The highest BCUT2D eigenvalue weighted by molar-refractivity contribution is 5.27. The summed E-state index contributed by atoms with van der Waals surface area (Å²) >= 11 is 0. The molecule has 76 valence electrons. The molecule has 1 nitrogen and oxygen atoms in total. The zero-order valence-corrected chi connectivity index (χ0v) is 8.06. The van der Waals surface area contributed by atoms with Crippen LogP contribution in [0.3, 0.4) is 0 Å². The molecule has 0 saturated heterocycles. The first-order valence-electron chi connectivity index (χ1n) is 4.39. The molecule has 0 fully saturated rings. The van der Waals surface area contributed by atoms with Gasteiger partial charge in [0.15, 0.2) is 11.6 Å². The summed E-state index contributed by atoms with van der Waals surface area (Å²) in [5.74, 6) is -1.67. The van der Waals surface area contributed by atoms with Crippen molar-refractivity contribution in [2.75, 3.05) is 0 Å². The smallest absolute Gasteiger partial charge is 0.163 e. The predicted octanol–water partition coefficient (Wildman–Crippen LogP) is 2.85. The van der Waals surface area contributed by atoms with Gasteiger partial charge in [0, 0.05) is 11.6 Å². The molecular formula is C11H13F2N. The summed E-state index contributed by atoms with van der Waals surface area (Å²) < 4.78 is 26.5. The van der Waals surface area contributed by atoms with Crippen molar-refractivity contribution in [3.63, 3.8) is 0 Å². The van der Waals surface area contributed by atoms with Crippen molar-refractivity contribution in [2.45, 2.75) is 19.4 Å². The fourth-order valence-corrected chi connectivity index (χ4v) is 1.25. The molecule has 1 atom stereocenters. The molecular weight excluding hydrogens is 184 g/mol. The second-order valence-electron chi connectivity index (χ2n) is 3.23. The average molecular weight is 197 g/mol. The Morgan fingerprint density at radius 1 is 1.43 bits per heavy atom. The summed E-state index contributed by atoms with van der Waals surface area (Å²) in [5, 5.41) is 0. The van der Waals surface area contributed by atoms with Crippen LogP contribution in [-0.2, 0) is 0 Å². The molecule has 3 heteroatoms. The molecule has 14 heavy (non-hydrogen) atoms. The molecule has 0 aliphatic carbocycles. The van der Waals surface area contributed by atoms with E-state index in [1.54, 1.807) is 6.08 Å². The molecule has 0 aromatic heterocycles. The average Bonchev–Trinajstić information content (AvgIpc) is 2.15. The van der Waals surface area contributed by atoms with Crippen LogP contribution >= 0.6 is 0 Å². The SMILES string of the molecule is C=CCC(N)c1ccc(C)c(F)c1F. The van der Waals surface area contributed by atoms with Gasteiger partial charge in [-0.05, 0) is 18.9 Å². The van der Waals surface area contributed by atoms with Crippen LogP contribution in [-0.4, -0.2) is 0 Å². The Bertz CT molecular complexity index is 347. The third-order valence-corrected chi connectivity index (χ3v) is 2.13. The minimum absolute atomic E-state index is 0.202. The van der Waals surface area contributed by atoms with Crippen LogP contribution in [0.1, 0.15) is 23.6 Å². The summed E-state index contributed by atoms with van der Waals surface area (Å²) in [7, 11) is 0. The predicted molar refractivity (Wildman–Crippen MR) is 52.8 cm³/mol. The van der Waals surface area contributed by atoms with E-state index in [2.05, 4.69) is 6.58 Å². The van der Waals surface area contributed by atoms with Gasteiger partial charge in [-0.2, -0.15) is 0 Å². The van der Waals surface area contributed by atoms with Gasteiger partial charge in [-0.1, -0.05) is 18.2 Å². The van der Waals surface area contributed by atoms with Crippen molar-refractivity contribution in [2.24, 2.45) is 5.73 Å². The summed E-state index contributed by atoms with van der Waals surface area (Å²) in [6.07, 6.45) is 2.02. The van der Waals surface area contributed by atoms with Crippen LogP contribution in [0.25, 0.3) is 0 Å². The first-order valence-corrected chi connectivity index (χ1v) is 4.39. The van der Waals surface area contributed by atoms with Crippen LogP contribution in [0, 0.1) is 18.6 Å². The number of benzene rings is 1. The van der Waals surface area contributed by atoms with Crippen molar-refractivity contribution in [1.29, 1.82) is 0 Å². The van der Waals surface area contributed by atoms with E-state index < -0.39 is 17.7 Å². The maximum absolute atomic E-state index is 13.3. The molecule has 1 aromatic rings. The van der Waals surface area contributed by atoms with E-state index in [4.69, 9.17) is 5.73 Å². The largest absolute Gasteiger partial charge is 0.324 e. The van der Waals surface area contributed by atoms with Crippen LogP contribution in [0.2, 0.25) is 0 Å².